The predicted octanol–water partition coefficient (Wildman–Crippen LogP) is 1.46. The number of amides is 1. The first-order valence-corrected chi connectivity index (χ1v) is 6.96. The Hall–Kier alpha value is -1.39. The quantitative estimate of drug-likeness (QED) is 0.861. The van der Waals surface area contributed by atoms with Crippen molar-refractivity contribution in [2.45, 2.75) is 44.1 Å². The minimum absolute atomic E-state index is 0.0407. The smallest absolute Gasteiger partial charge is 0.251 e. The van der Waals surface area contributed by atoms with Gasteiger partial charge >= 0.3 is 0 Å². The largest absolute Gasteiger partial charge is 0.373 e. The third kappa shape index (κ3) is 2.65. The lowest BCUT2D eigenvalue weighted by Gasteiger charge is -2.20. The number of fused-ring (bicyclic) bond motifs is 2. The first-order valence-electron chi connectivity index (χ1n) is 6.96. The van der Waals surface area contributed by atoms with E-state index in [1.165, 1.54) is 18.4 Å². The zero-order chi connectivity index (χ0) is 13.2. The lowest BCUT2D eigenvalue weighted by Crippen LogP contribution is -2.36. The van der Waals surface area contributed by atoms with Gasteiger partial charge in [0.25, 0.3) is 5.91 Å². The molecule has 1 amide bonds. The Morgan fingerprint density at radius 3 is 2.68 bits per heavy atom. The van der Waals surface area contributed by atoms with Crippen LogP contribution in [0, 0.1) is 0 Å². The van der Waals surface area contributed by atoms with Gasteiger partial charge in [0.2, 0.25) is 0 Å². The number of carbonyl (C=O) groups excluding carboxylic acids is 1. The maximum absolute atomic E-state index is 11.4. The Labute approximate surface area is 113 Å². The monoisotopic (exact) mass is 260 g/mol. The van der Waals surface area contributed by atoms with Gasteiger partial charge in [0.05, 0.1) is 12.2 Å². The van der Waals surface area contributed by atoms with Crippen molar-refractivity contribution in [3.05, 3.63) is 35.4 Å². The van der Waals surface area contributed by atoms with Crippen LogP contribution in [-0.4, -0.2) is 31.2 Å². The summed E-state index contributed by atoms with van der Waals surface area (Å²) in [6, 6.07) is 8.25. The highest BCUT2D eigenvalue weighted by Gasteiger charge is 2.40. The van der Waals surface area contributed by atoms with Crippen LogP contribution in [-0.2, 0) is 11.3 Å². The summed E-state index contributed by atoms with van der Waals surface area (Å²) in [4.78, 5) is 11.4. The number of carbonyl (C=O) groups is 1. The number of ether oxygens (including phenoxy) is 1. The molecule has 2 heterocycles. The maximum atomic E-state index is 11.4. The fraction of sp³-hybridized carbons (Fsp3) is 0.533. The number of benzene rings is 1. The molecule has 4 heteroatoms. The molecule has 2 aliphatic rings. The van der Waals surface area contributed by atoms with Gasteiger partial charge in [-0.25, -0.2) is 0 Å². The Balaban J connectivity index is 1.54. The molecule has 2 aliphatic heterocycles. The minimum atomic E-state index is -0.0407. The summed E-state index contributed by atoms with van der Waals surface area (Å²) in [7, 11) is 1.65. The van der Waals surface area contributed by atoms with Gasteiger partial charge in [0.1, 0.15) is 0 Å². The van der Waals surface area contributed by atoms with Crippen LogP contribution in [0.25, 0.3) is 0 Å². The van der Waals surface area contributed by atoms with E-state index >= 15 is 0 Å². The van der Waals surface area contributed by atoms with Gasteiger partial charge in [-0.1, -0.05) is 12.1 Å². The Bertz CT molecular complexity index is 458. The minimum Gasteiger partial charge on any atom is -0.373 e. The molecule has 4 nitrogen and oxygen atoms in total. The molecule has 0 saturated carbocycles. The van der Waals surface area contributed by atoms with Gasteiger partial charge in [0.15, 0.2) is 0 Å². The first kappa shape index (κ1) is 12.6. The highest BCUT2D eigenvalue weighted by atomic mass is 16.5. The summed E-state index contributed by atoms with van der Waals surface area (Å²) in [5.74, 6) is -0.0407. The van der Waals surface area contributed by atoms with Crippen molar-refractivity contribution in [2.24, 2.45) is 0 Å². The molecule has 0 radical (unpaired) electrons. The van der Waals surface area contributed by atoms with Crippen molar-refractivity contribution in [3.63, 3.8) is 0 Å². The van der Waals surface area contributed by atoms with E-state index in [9.17, 15) is 4.79 Å². The lowest BCUT2D eigenvalue weighted by atomic mass is 9.95. The van der Waals surface area contributed by atoms with Crippen LogP contribution in [0.4, 0.5) is 0 Å². The van der Waals surface area contributed by atoms with Gasteiger partial charge in [-0.2, -0.15) is 0 Å². The molecule has 3 rings (SSSR count). The van der Waals surface area contributed by atoms with Gasteiger partial charge < -0.3 is 15.4 Å². The van der Waals surface area contributed by atoms with Crippen LogP contribution in [0.3, 0.4) is 0 Å². The van der Waals surface area contributed by atoms with Gasteiger partial charge in [0, 0.05) is 25.2 Å². The highest BCUT2D eigenvalue weighted by molar-refractivity contribution is 5.93. The molecule has 19 heavy (non-hydrogen) atoms. The van der Waals surface area contributed by atoms with Gasteiger partial charge in [-0.3, -0.25) is 4.79 Å². The van der Waals surface area contributed by atoms with Crippen LogP contribution in [0.15, 0.2) is 24.3 Å². The molecule has 0 aromatic heterocycles. The Morgan fingerprint density at radius 1 is 1.32 bits per heavy atom. The van der Waals surface area contributed by atoms with E-state index in [4.69, 9.17) is 4.74 Å². The molecule has 102 valence electrons. The van der Waals surface area contributed by atoms with Crippen molar-refractivity contribution >= 4 is 5.91 Å². The molecule has 1 aromatic carbocycles. The fourth-order valence-corrected chi connectivity index (χ4v) is 3.02. The zero-order valence-electron chi connectivity index (χ0n) is 11.2. The van der Waals surface area contributed by atoms with Crippen LogP contribution in [0.1, 0.15) is 35.2 Å². The molecule has 2 saturated heterocycles. The maximum Gasteiger partial charge on any atom is 0.251 e. The molecular weight excluding hydrogens is 240 g/mol. The molecule has 3 atom stereocenters. The molecular formula is C15H20N2O2. The van der Waals surface area contributed by atoms with Gasteiger partial charge in [-0.15, -0.1) is 0 Å². The summed E-state index contributed by atoms with van der Waals surface area (Å²) in [5, 5.41) is 6.19. The summed E-state index contributed by atoms with van der Waals surface area (Å²) in [6.45, 7) is 0.839. The number of rotatable bonds is 4. The lowest BCUT2D eigenvalue weighted by molar-refractivity contribution is 0.0962. The van der Waals surface area contributed by atoms with E-state index in [2.05, 4.69) is 10.6 Å². The summed E-state index contributed by atoms with van der Waals surface area (Å²) >= 11 is 0. The molecule has 3 unspecified atom stereocenters. The fourth-order valence-electron chi connectivity index (χ4n) is 3.02. The van der Waals surface area contributed by atoms with Crippen LogP contribution < -0.4 is 10.6 Å². The van der Waals surface area contributed by atoms with Gasteiger partial charge in [-0.05, 0) is 37.0 Å². The third-order valence-corrected chi connectivity index (χ3v) is 4.12. The first-order chi connectivity index (χ1) is 9.26. The number of hydrogen-bond acceptors (Lipinski definition) is 3. The predicted molar refractivity (Wildman–Crippen MR) is 73.0 cm³/mol. The molecule has 2 fully saturated rings. The topological polar surface area (TPSA) is 50.4 Å². The average molecular weight is 260 g/mol. The molecule has 0 aliphatic carbocycles. The van der Waals surface area contributed by atoms with Crippen LogP contribution in [0.2, 0.25) is 0 Å². The van der Waals surface area contributed by atoms with E-state index in [1.807, 2.05) is 24.3 Å². The second kappa shape index (κ2) is 5.31. The van der Waals surface area contributed by atoms with Crippen molar-refractivity contribution in [1.82, 2.24) is 10.6 Å². The highest BCUT2D eigenvalue weighted by Crippen LogP contribution is 2.34. The van der Waals surface area contributed by atoms with E-state index in [0.29, 0.717) is 23.8 Å². The molecule has 2 N–H and O–H groups in total. The van der Waals surface area contributed by atoms with Crippen molar-refractivity contribution in [2.75, 3.05) is 7.05 Å². The summed E-state index contributed by atoms with van der Waals surface area (Å²) < 4.78 is 5.82. The second-order valence-corrected chi connectivity index (χ2v) is 5.37. The normalized spacial score (nSPS) is 28.6. The van der Waals surface area contributed by atoms with Crippen molar-refractivity contribution in [1.29, 1.82) is 0 Å². The summed E-state index contributed by atoms with van der Waals surface area (Å²) in [6.07, 6.45) is 4.45. The Kier molecular flexibility index (Phi) is 3.53. The van der Waals surface area contributed by atoms with E-state index < -0.39 is 0 Å². The molecule has 2 bridgehead atoms. The zero-order valence-corrected chi connectivity index (χ0v) is 11.2. The number of nitrogens with one attached hydrogen (secondary N) is 2. The number of hydrogen-bond donors (Lipinski definition) is 2. The van der Waals surface area contributed by atoms with Crippen molar-refractivity contribution in [3.8, 4) is 0 Å². The van der Waals surface area contributed by atoms with E-state index in [0.717, 1.165) is 13.0 Å². The summed E-state index contributed by atoms with van der Waals surface area (Å²) in [5.41, 5.74) is 1.91. The van der Waals surface area contributed by atoms with E-state index in [-0.39, 0.29) is 5.91 Å². The van der Waals surface area contributed by atoms with Crippen LogP contribution in [0.5, 0.6) is 0 Å². The standard InChI is InChI=1S/C15H20N2O2/c1-16-15(18)11-4-2-10(3-5-11)9-17-13-8-12-6-7-14(13)19-12/h2-5,12-14,17H,6-9H2,1H3,(H,16,18). The molecule has 0 spiro atoms. The SMILES string of the molecule is CNC(=O)c1ccc(CNC2CC3CCC2O3)cc1. The van der Waals surface area contributed by atoms with Crippen molar-refractivity contribution < 1.29 is 9.53 Å². The van der Waals surface area contributed by atoms with Crippen LogP contribution >= 0.6 is 0 Å². The molecule has 1 aromatic rings. The second-order valence-electron chi connectivity index (χ2n) is 5.37. The van der Waals surface area contributed by atoms with E-state index in [1.54, 1.807) is 7.05 Å². The Morgan fingerprint density at radius 2 is 2.11 bits per heavy atom. The average Bonchev–Trinajstić information content (AvgIpc) is 3.07. The third-order valence-electron chi connectivity index (χ3n) is 4.12.